The third kappa shape index (κ3) is 5.46. The summed E-state index contributed by atoms with van der Waals surface area (Å²) in [6.07, 6.45) is -1.41. The first-order chi connectivity index (χ1) is 8.90. The smallest absolute Gasteiger partial charge is 0.258 e. The van der Waals surface area contributed by atoms with Crippen LogP contribution >= 0.6 is 27.5 Å². The van der Waals surface area contributed by atoms with E-state index in [9.17, 15) is 9.59 Å². The Morgan fingerprint density at radius 3 is 2.79 bits per heavy atom. The molecule has 0 aliphatic heterocycles. The maximum absolute atomic E-state index is 11.4. The first kappa shape index (κ1) is 15.7. The number of aliphatic hydroxyl groups is 1. The number of primary amides is 1. The van der Waals surface area contributed by atoms with Gasteiger partial charge in [-0.1, -0.05) is 11.6 Å². The van der Waals surface area contributed by atoms with Gasteiger partial charge in [-0.25, -0.2) is 0 Å². The second-order valence-corrected chi connectivity index (χ2v) is 4.88. The van der Waals surface area contributed by atoms with Crippen LogP contribution in [-0.4, -0.2) is 36.2 Å². The minimum absolute atomic E-state index is 0.251. The summed E-state index contributed by atoms with van der Waals surface area (Å²) in [5.41, 5.74) is 4.83. The fourth-order valence-corrected chi connectivity index (χ4v) is 1.89. The van der Waals surface area contributed by atoms with Gasteiger partial charge in [-0.15, -0.1) is 0 Å². The molecule has 1 rings (SSSR count). The second kappa shape index (κ2) is 7.32. The van der Waals surface area contributed by atoms with Crippen LogP contribution in [0.4, 0.5) is 0 Å². The number of amides is 2. The van der Waals surface area contributed by atoms with Crippen LogP contribution in [0, 0.1) is 0 Å². The molecule has 19 heavy (non-hydrogen) atoms. The Morgan fingerprint density at radius 2 is 2.21 bits per heavy atom. The monoisotopic (exact) mass is 350 g/mol. The maximum atomic E-state index is 11.4. The molecule has 0 aliphatic rings. The van der Waals surface area contributed by atoms with Crippen molar-refractivity contribution in [1.82, 2.24) is 5.32 Å². The summed E-state index contributed by atoms with van der Waals surface area (Å²) in [6.45, 7) is -0.509. The van der Waals surface area contributed by atoms with E-state index in [1.807, 2.05) is 0 Å². The highest BCUT2D eigenvalue weighted by Gasteiger charge is 2.12. The van der Waals surface area contributed by atoms with Crippen molar-refractivity contribution in [2.24, 2.45) is 5.73 Å². The molecule has 0 fully saturated rings. The molecule has 1 aromatic rings. The number of hydrogen-bond donors (Lipinski definition) is 3. The first-order valence-corrected chi connectivity index (χ1v) is 6.39. The zero-order chi connectivity index (χ0) is 14.4. The maximum Gasteiger partial charge on any atom is 0.258 e. The van der Waals surface area contributed by atoms with E-state index in [1.165, 1.54) is 0 Å². The standard InChI is InChI=1S/C11H12BrClN2O4/c12-7-3-6(13)1-2-9(7)19-5-10(17)15-4-8(16)11(14)18/h1-3,8,16H,4-5H2,(H2,14,18)(H,15,17). The van der Waals surface area contributed by atoms with Gasteiger partial charge in [0.25, 0.3) is 5.91 Å². The lowest BCUT2D eigenvalue weighted by atomic mass is 10.3. The number of nitrogens with one attached hydrogen (secondary N) is 1. The van der Waals surface area contributed by atoms with Crippen molar-refractivity contribution in [1.29, 1.82) is 0 Å². The van der Waals surface area contributed by atoms with Gasteiger partial charge in [0.2, 0.25) is 5.91 Å². The van der Waals surface area contributed by atoms with Gasteiger partial charge >= 0.3 is 0 Å². The minimum Gasteiger partial charge on any atom is -0.483 e. The second-order valence-electron chi connectivity index (χ2n) is 3.59. The van der Waals surface area contributed by atoms with E-state index in [4.69, 9.17) is 27.2 Å². The van der Waals surface area contributed by atoms with E-state index in [-0.39, 0.29) is 13.2 Å². The minimum atomic E-state index is -1.41. The van der Waals surface area contributed by atoms with E-state index in [1.54, 1.807) is 18.2 Å². The van der Waals surface area contributed by atoms with Crippen LogP contribution < -0.4 is 15.8 Å². The molecular formula is C11H12BrClN2O4. The lowest BCUT2D eigenvalue weighted by Crippen LogP contribution is -2.41. The predicted molar refractivity (Wildman–Crippen MR) is 72.9 cm³/mol. The highest BCUT2D eigenvalue weighted by atomic mass is 79.9. The molecule has 104 valence electrons. The highest BCUT2D eigenvalue weighted by molar-refractivity contribution is 9.10. The van der Waals surface area contributed by atoms with Crippen molar-refractivity contribution in [3.8, 4) is 5.75 Å². The lowest BCUT2D eigenvalue weighted by Gasteiger charge is -2.10. The molecule has 0 bridgehead atoms. The van der Waals surface area contributed by atoms with Gasteiger partial charge in [0.05, 0.1) is 11.0 Å². The molecule has 1 atom stereocenters. The Kier molecular flexibility index (Phi) is 6.07. The largest absolute Gasteiger partial charge is 0.483 e. The number of ether oxygens (including phenoxy) is 1. The molecule has 0 heterocycles. The molecule has 1 unspecified atom stereocenters. The topological polar surface area (TPSA) is 102 Å². The van der Waals surface area contributed by atoms with Gasteiger partial charge in [0.1, 0.15) is 11.9 Å². The Morgan fingerprint density at radius 1 is 1.53 bits per heavy atom. The van der Waals surface area contributed by atoms with Crippen LogP contribution in [0.15, 0.2) is 22.7 Å². The van der Waals surface area contributed by atoms with Crippen LogP contribution in [0.5, 0.6) is 5.75 Å². The number of aliphatic hydroxyl groups excluding tert-OH is 1. The van der Waals surface area contributed by atoms with Gasteiger partial charge < -0.3 is 20.9 Å². The fraction of sp³-hybridized carbons (Fsp3) is 0.273. The van der Waals surface area contributed by atoms with E-state index < -0.39 is 17.9 Å². The number of nitrogens with two attached hydrogens (primary N) is 1. The van der Waals surface area contributed by atoms with Crippen molar-refractivity contribution in [2.75, 3.05) is 13.2 Å². The van der Waals surface area contributed by atoms with Crippen LogP contribution in [-0.2, 0) is 9.59 Å². The summed E-state index contributed by atoms with van der Waals surface area (Å²) >= 11 is 8.99. The number of carbonyl (C=O) groups is 2. The molecular weight excluding hydrogens is 339 g/mol. The molecule has 0 aromatic heterocycles. The van der Waals surface area contributed by atoms with Crippen LogP contribution in [0.2, 0.25) is 5.02 Å². The molecule has 2 amide bonds. The van der Waals surface area contributed by atoms with E-state index >= 15 is 0 Å². The first-order valence-electron chi connectivity index (χ1n) is 5.22. The normalized spacial score (nSPS) is 11.7. The average molecular weight is 352 g/mol. The highest BCUT2D eigenvalue weighted by Crippen LogP contribution is 2.27. The van der Waals surface area contributed by atoms with Crippen LogP contribution in [0.1, 0.15) is 0 Å². The van der Waals surface area contributed by atoms with Crippen molar-refractivity contribution in [2.45, 2.75) is 6.10 Å². The molecule has 0 spiro atoms. The van der Waals surface area contributed by atoms with Crippen molar-refractivity contribution in [3.05, 3.63) is 27.7 Å². The summed E-state index contributed by atoms with van der Waals surface area (Å²) in [5, 5.41) is 11.9. The Balaban J connectivity index is 2.40. The Hall–Kier alpha value is -1.31. The molecule has 6 nitrogen and oxygen atoms in total. The van der Waals surface area contributed by atoms with Gasteiger partial charge in [0, 0.05) is 5.02 Å². The SMILES string of the molecule is NC(=O)C(O)CNC(=O)COc1ccc(Cl)cc1Br. The van der Waals surface area contributed by atoms with Gasteiger partial charge in [-0.3, -0.25) is 9.59 Å². The quantitative estimate of drug-likeness (QED) is 0.692. The van der Waals surface area contributed by atoms with E-state index in [0.717, 1.165) is 0 Å². The van der Waals surface area contributed by atoms with Gasteiger partial charge in [0.15, 0.2) is 6.61 Å². The number of hydrogen-bond acceptors (Lipinski definition) is 4. The third-order valence-corrected chi connectivity index (χ3v) is 2.93. The third-order valence-electron chi connectivity index (χ3n) is 2.07. The molecule has 8 heteroatoms. The average Bonchev–Trinajstić information content (AvgIpc) is 2.34. The van der Waals surface area contributed by atoms with Gasteiger partial charge in [-0.2, -0.15) is 0 Å². The number of benzene rings is 1. The van der Waals surface area contributed by atoms with Crippen molar-refractivity contribution >= 4 is 39.3 Å². The Bertz CT molecular complexity index is 484. The predicted octanol–water partition coefficient (Wildman–Crippen LogP) is 0.444. The number of carbonyl (C=O) groups excluding carboxylic acids is 2. The zero-order valence-electron chi connectivity index (χ0n) is 9.73. The van der Waals surface area contributed by atoms with Crippen LogP contribution in [0.25, 0.3) is 0 Å². The molecule has 0 saturated carbocycles. The summed E-state index contributed by atoms with van der Waals surface area (Å²) < 4.78 is 5.85. The van der Waals surface area contributed by atoms with Crippen molar-refractivity contribution in [3.63, 3.8) is 0 Å². The number of rotatable bonds is 6. The Labute approximate surface area is 123 Å². The molecule has 1 aromatic carbocycles. The summed E-state index contributed by atoms with van der Waals surface area (Å²) in [7, 11) is 0. The summed E-state index contributed by atoms with van der Waals surface area (Å²) in [6, 6.07) is 4.86. The summed E-state index contributed by atoms with van der Waals surface area (Å²) in [5.74, 6) is -0.932. The molecule has 0 saturated heterocycles. The molecule has 0 radical (unpaired) electrons. The lowest BCUT2D eigenvalue weighted by molar-refractivity contribution is -0.127. The zero-order valence-corrected chi connectivity index (χ0v) is 12.1. The fourth-order valence-electron chi connectivity index (χ4n) is 1.10. The molecule has 0 aliphatic carbocycles. The summed E-state index contributed by atoms with van der Waals surface area (Å²) in [4.78, 5) is 21.9. The van der Waals surface area contributed by atoms with Crippen molar-refractivity contribution < 1.29 is 19.4 Å². The molecule has 4 N–H and O–H groups in total. The van der Waals surface area contributed by atoms with E-state index in [2.05, 4.69) is 21.2 Å². The number of halogens is 2. The van der Waals surface area contributed by atoms with E-state index in [0.29, 0.717) is 15.2 Å². The van der Waals surface area contributed by atoms with Crippen LogP contribution in [0.3, 0.4) is 0 Å². The van der Waals surface area contributed by atoms with Gasteiger partial charge in [-0.05, 0) is 34.1 Å².